The molecular weight excluding hydrogens is 493 g/mol. The number of Topliss-reactive ketones (excluding diaryl/α,β-unsaturated/α-hetero) is 1. The van der Waals surface area contributed by atoms with Crippen LogP contribution < -0.4 is 9.47 Å². The van der Waals surface area contributed by atoms with Gasteiger partial charge in [0.25, 0.3) is 0 Å². The number of benzene rings is 3. The highest BCUT2D eigenvalue weighted by Gasteiger charge is 2.18. The van der Waals surface area contributed by atoms with Crippen molar-refractivity contribution >= 4 is 40.7 Å². The Bertz CT molecular complexity index is 1260. The lowest BCUT2D eigenvalue weighted by Gasteiger charge is -2.12. The number of ether oxygens (including phenoxy) is 2. The lowest BCUT2D eigenvalue weighted by atomic mass is 10.1. The predicted octanol–water partition coefficient (Wildman–Crippen LogP) is 6.53. The Morgan fingerprint density at radius 3 is 2.35 bits per heavy atom. The predicted molar refractivity (Wildman–Crippen MR) is 135 cm³/mol. The van der Waals surface area contributed by atoms with Crippen LogP contribution in [-0.2, 0) is 6.61 Å². The molecule has 174 valence electrons. The molecule has 6 nitrogen and oxygen atoms in total. The maximum Gasteiger partial charge on any atom is 0.196 e. The van der Waals surface area contributed by atoms with Gasteiger partial charge in [-0.05, 0) is 61.5 Å². The van der Waals surface area contributed by atoms with E-state index in [0.717, 1.165) is 17.2 Å². The van der Waals surface area contributed by atoms with Crippen LogP contribution in [0.25, 0.3) is 5.69 Å². The Morgan fingerprint density at radius 2 is 1.65 bits per heavy atom. The molecule has 0 N–H and O–H groups in total. The molecule has 9 heteroatoms. The van der Waals surface area contributed by atoms with Gasteiger partial charge in [0.2, 0.25) is 0 Å². The van der Waals surface area contributed by atoms with Gasteiger partial charge in [0.05, 0.1) is 22.4 Å². The molecule has 0 aliphatic carbocycles. The molecule has 0 spiro atoms. The van der Waals surface area contributed by atoms with Crippen LogP contribution in [0, 0.1) is 0 Å². The van der Waals surface area contributed by atoms with Crippen molar-refractivity contribution in [3.8, 4) is 17.2 Å². The summed E-state index contributed by atoms with van der Waals surface area (Å²) in [6.45, 7) is 2.73. The molecule has 0 atom stereocenters. The van der Waals surface area contributed by atoms with E-state index in [1.54, 1.807) is 18.2 Å². The van der Waals surface area contributed by atoms with Gasteiger partial charge in [-0.1, -0.05) is 53.2 Å². The number of para-hydroxylation sites is 1. The number of ketones is 1. The van der Waals surface area contributed by atoms with Gasteiger partial charge < -0.3 is 9.47 Å². The standard InChI is InChI=1S/C25H21Cl2N3O3S/c1-2-32-20-11-9-18(10-12-20)30-24(15-33-19-6-4-3-5-7-19)28-29-25(30)34-16-23(31)17-8-13-21(26)22(27)14-17/h3-14H,2,15-16H2,1H3. The molecule has 0 fully saturated rings. The van der Waals surface area contributed by atoms with Gasteiger partial charge in [-0.15, -0.1) is 10.2 Å². The molecule has 0 radical (unpaired) electrons. The first-order chi connectivity index (χ1) is 16.5. The third kappa shape index (κ3) is 5.91. The van der Waals surface area contributed by atoms with E-state index in [9.17, 15) is 4.79 Å². The summed E-state index contributed by atoms with van der Waals surface area (Å²) in [7, 11) is 0. The van der Waals surface area contributed by atoms with Crippen molar-refractivity contribution in [3.63, 3.8) is 0 Å². The van der Waals surface area contributed by atoms with Gasteiger partial charge in [0.1, 0.15) is 18.1 Å². The van der Waals surface area contributed by atoms with Gasteiger partial charge in [-0.3, -0.25) is 9.36 Å². The average Bonchev–Trinajstić information content (AvgIpc) is 3.27. The molecule has 0 aliphatic heterocycles. The minimum absolute atomic E-state index is 0.0908. The molecule has 4 rings (SSSR count). The maximum absolute atomic E-state index is 12.7. The molecule has 3 aromatic carbocycles. The summed E-state index contributed by atoms with van der Waals surface area (Å²) in [6.07, 6.45) is 0. The summed E-state index contributed by atoms with van der Waals surface area (Å²) in [5.74, 6) is 2.18. The highest BCUT2D eigenvalue weighted by molar-refractivity contribution is 7.99. The fourth-order valence-corrected chi connectivity index (χ4v) is 4.32. The Morgan fingerprint density at radius 1 is 0.912 bits per heavy atom. The number of carbonyl (C=O) groups is 1. The van der Waals surface area contributed by atoms with Crippen LogP contribution in [0.4, 0.5) is 0 Å². The van der Waals surface area contributed by atoms with Gasteiger partial charge in [0, 0.05) is 11.3 Å². The first kappa shape index (κ1) is 24.1. The second-order valence-electron chi connectivity index (χ2n) is 7.10. The zero-order chi connectivity index (χ0) is 23.9. The molecule has 0 bridgehead atoms. The summed E-state index contributed by atoms with van der Waals surface area (Å²) in [5.41, 5.74) is 1.33. The Hall–Kier alpha value is -3.00. The van der Waals surface area contributed by atoms with Crippen LogP contribution in [0.2, 0.25) is 10.0 Å². The molecule has 0 saturated carbocycles. The number of hydrogen-bond acceptors (Lipinski definition) is 6. The quantitative estimate of drug-likeness (QED) is 0.177. The summed E-state index contributed by atoms with van der Waals surface area (Å²) >= 11 is 13.3. The van der Waals surface area contributed by atoms with Crippen molar-refractivity contribution in [2.24, 2.45) is 0 Å². The van der Waals surface area contributed by atoms with E-state index < -0.39 is 0 Å². The minimum atomic E-state index is -0.0908. The van der Waals surface area contributed by atoms with Gasteiger partial charge in [0.15, 0.2) is 16.8 Å². The van der Waals surface area contributed by atoms with E-state index in [1.807, 2.05) is 66.1 Å². The van der Waals surface area contributed by atoms with Crippen LogP contribution >= 0.6 is 35.0 Å². The number of nitrogens with zero attached hydrogens (tertiary/aromatic N) is 3. The van der Waals surface area contributed by atoms with Crippen LogP contribution in [0.15, 0.2) is 78.0 Å². The third-order valence-electron chi connectivity index (χ3n) is 4.79. The fourth-order valence-electron chi connectivity index (χ4n) is 3.15. The summed E-state index contributed by atoms with van der Waals surface area (Å²) < 4.78 is 13.3. The van der Waals surface area contributed by atoms with Crippen LogP contribution in [-0.4, -0.2) is 32.9 Å². The summed E-state index contributed by atoms with van der Waals surface area (Å²) in [4.78, 5) is 12.7. The van der Waals surface area contributed by atoms with E-state index in [0.29, 0.717) is 33.2 Å². The Balaban J connectivity index is 1.57. The first-order valence-corrected chi connectivity index (χ1v) is 12.3. The summed E-state index contributed by atoms with van der Waals surface area (Å²) in [6, 6.07) is 22.0. The van der Waals surface area contributed by atoms with Gasteiger partial charge >= 0.3 is 0 Å². The molecule has 1 aromatic heterocycles. The zero-order valence-electron chi connectivity index (χ0n) is 18.3. The van der Waals surface area contributed by atoms with Crippen molar-refractivity contribution < 1.29 is 14.3 Å². The van der Waals surface area contributed by atoms with Crippen molar-refractivity contribution in [1.29, 1.82) is 0 Å². The number of thioether (sulfide) groups is 1. The third-order valence-corrected chi connectivity index (χ3v) is 6.46. The lowest BCUT2D eigenvalue weighted by molar-refractivity contribution is 0.102. The van der Waals surface area contributed by atoms with E-state index in [4.69, 9.17) is 32.7 Å². The molecule has 0 unspecified atom stereocenters. The molecular formula is C25H21Cl2N3O3S. The number of aromatic nitrogens is 3. The van der Waals surface area contributed by atoms with E-state index in [-0.39, 0.29) is 18.1 Å². The van der Waals surface area contributed by atoms with Crippen LogP contribution in [0.3, 0.4) is 0 Å². The molecule has 4 aromatic rings. The van der Waals surface area contributed by atoms with Gasteiger partial charge in [-0.25, -0.2) is 0 Å². The molecule has 0 amide bonds. The highest BCUT2D eigenvalue weighted by atomic mass is 35.5. The average molecular weight is 514 g/mol. The Kier molecular flexibility index (Phi) is 8.11. The SMILES string of the molecule is CCOc1ccc(-n2c(COc3ccccc3)nnc2SCC(=O)c2ccc(Cl)c(Cl)c2)cc1. The largest absolute Gasteiger partial charge is 0.494 e. The number of hydrogen-bond donors (Lipinski definition) is 0. The van der Waals surface area contributed by atoms with E-state index in [1.165, 1.54) is 11.8 Å². The van der Waals surface area contributed by atoms with Crippen molar-refractivity contribution in [3.05, 3.63) is 94.2 Å². The smallest absolute Gasteiger partial charge is 0.196 e. The van der Waals surface area contributed by atoms with Crippen molar-refractivity contribution in [2.75, 3.05) is 12.4 Å². The number of rotatable bonds is 10. The Labute approximate surface area is 211 Å². The zero-order valence-corrected chi connectivity index (χ0v) is 20.6. The molecule has 34 heavy (non-hydrogen) atoms. The van der Waals surface area contributed by atoms with Crippen LogP contribution in [0.1, 0.15) is 23.1 Å². The highest BCUT2D eigenvalue weighted by Crippen LogP contribution is 2.27. The van der Waals surface area contributed by atoms with E-state index in [2.05, 4.69) is 10.2 Å². The topological polar surface area (TPSA) is 66.2 Å². The summed E-state index contributed by atoms with van der Waals surface area (Å²) in [5, 5.41) is 9.98. The van der Waals surface area contributed by atoms with E-state index >= 15 is 0 Å². The normalized spacial score (nSPS) is 10.8. The monoisotopic (exact) mass is 513 g/mol. The van der Waals surface area contributed by atoms with Gasteiger partial charge in [-0.2, -0.15) is 0 Å². The fraction of sp³-hybridized carbons (Fsp3) is 0.160. The molecule has 1 heterocycles. The second kappa shape index (κ2) is 11.4. The lowest BCUT2D eigenvalue weighted by Crippen LogP contribution is -2.08. The minimum Gasteiger partial charge on any atom is -0.494 e. The van der Waals surface area contributed by atoms with Crippen molar-refractivity contribution in [1.82, 2.24) is 14.8 Å². The van der Waals surface area contributed by atoms with Crippen LogP contribution in [0.5, 0.6) is 11.5 Å². The number of halogens is 2. The maximum atomic E-state index is 12.7. The molecule has 0 aliphatic rings. The first-order valence-electron chi connectivity index (χ1n) is 10.5. The second-order valence-corrected chi connectivity index (χ2v) is 8.86. The van der Waals surface area contributed by atoms with Crippen molar-refractivity contribution in [2.45, 2.75) is 18.7 Å². The molecule has 0 saturated heterocycles. The number of carbonyl (C=O) groups excluding carboxylic acids is 1.